The lowest BCUT2D eigenvalue weighted by molar-refractivity contribution is -0.182. The molecule has 2 aromatic heterocycles. The smallest absolute Gasteiger partial charge is 0.334 e. The van der Waals surface area contributed by atoms with Gasteiger partial charge < -0.3 is 9.55 Å². The van der Waals surface area contributed by atoms with Crippen molar-refractivity contribution >= 4 is 0 Å². The summed E-state index contributed by atoms with van der Waals surface area (Å²) in [7, 11) is 1.77. The highest BCUT2D eigenvalue weighted by Gasteiger charge is 2.42. The monoisotopic (exact) mass is 340 g/mol. The Bertz CT molecular complexity index is 785. The quantitative estimate of drug-likeness (QED) is 0.912. The van der Waals surface area contributed by atoms with Gasteiger partial charge in [-0.25, -0.2) is 9.97 Å². The molecule has 0 unspecified atom stereocenters. The van der Waals surface area contributed by atoms with Crippen molar-refractivity contribution in [2.45, 2.75) is 44.7 Å². The van der Waals surface area contributed by atoms with E-state index in [1.165, 1.54) is 0 Å². The van der Waals surface area contributed by atoms with Gasteiger partial charge in [0, 0.05) is 13.0 Å². The molecule has 130 valence electrons. The number of nitrogens with one attached hydrogen (secondary N) is 1. The number of alkyl halides is 3. The Morgan fingerprint density at radius 3 is 2.46 bits per heavy atom. The van der Waals surface area contributed by atoms with Crippen LogP contribution in [0.25, 0.3) is 11.3 Å². The molecule has 24 heavy (non-hydrogen) atoms. The normalized spacial score (nSPS) is 21.9. The number of halogens is 3. The van der Waals surface area contributed by atoms with Gasteiger partial charge in [0.25, 0.3) is 5.56 Å². The highest BCUT2D eigenvalue weighted by molar-refractivity contribution is 5.61. The SMILES string of the molecule is Cc1nc([C@H]2CC[C@@H](C(F)(F)F)CC2)c(-c2cncn2C)c(=O)[nH]1. The van der Waals surface area contributed by atoms with E-state index in [1.54, 1.807) is 31.1 Å². The van der Waals surface area contributed by atoms with Crippen LogP contribution in [0.4, 0.5) is 13.2 Å². The Morgan fingerprint density at radius 2 is 1.92 bits per heavy atom. The zero-order valence-electron chi connectivity index (χ0n) is 13.5. The minimum absolute atomic E-state index is 0.0759. The Balaban J connectivity index is 1.97. The van der Waals surface area contributed by atoms with E-state index < -0.39 is 12.1 Å². The number of rotatable bonds is 2. The Labute approximate surface area is 137 Å². The number of hydrogen-bond donors (Lipinski definition) is 1. The molecule has 1 fully saturated rings. The first-order valence-corrected chi connectivity index (χ1v) is 7.91. The number of aryl methyl sites for hydroxylation is 2. The van der Waals surface area contributed by atoms with Crippen LogP contribution >= 0.6 is 0 Å². The van der Waals surface area contributed by atoms with Crippen LogP contribution in [0.15, 0.2) is 17.3 Å². The van der Waals surface area contributed by atoms with Gasteiger partial charge in [0.15, 0.2) is 0 Å². The third-order valence-electron chi connectivity index (χ3n) is 4.72. The van der Waals surface area contributed by atoms with Gasteiger partial charge in [0.2, 0.25) is 0 Å². The molecular formula is C16H19F3N4O. The summed E-state index contributed by atoms with van der Waals surface area (Å²) in [4.78, 5) is 23.6. The first kappa shape index (κ1) is 16.7. The fourth-order valence-corrected chi connectivity index (χ4v) is 3.44. The van der Waals surface area contributed by atoms with E-state index in [0.717, 1.165) is 0 Å². The molecule has 0 spiro atoms. The molecule has 2 heterocycles. The van der Waals surface area contributed by atoms with Crippen LogP contribution in [0.3, 0.4) is 0 Å². The highest BCUT2D eigenvalue weighted by Crippen LogP contribution is 2.43. The molecule has 1 saturated carbocycles. The van der Waals surface area contributed by atoms with Crippen LogP contribution in [0.5, 0.6) is 0 Å². The van der Waals surface area contributed by atoms with E-state index in [2.05, 4.69) is 15.0 Å². The summed E-state index contributed by atoms with van der Waals surface area (Å²) in [5.41, 5.74) is 1.34. The van der Waals surface area contributed by atoms with Gasteiger partial charge in [-0.3, -0.25) is 4.79 Å². The zero-order valence-corrected chi connectivity index (χ0v) is 13.5. The van der Waals surface area contributed by atoms with E-state index in [4.69, 9.17) is 0 Å². The molecule has 1 aliphatic rings. The Hall–Kier alpha value is -2.12. The molecule has 0 aliphatic heterocycles. The average molecular weight is 340 g/mol. The van der Waals surface area contributed by atoms with Crippen LogP contribution < -0.4 is 5.56 Å². The van der Waals surface area contributed by atoms with E-state index in [0.29, 0.717) is 35.6 Å². The fourth-order valence-electron chi connectivity index (χ4n) is 3.44. The number of aromatic nitrogens is 4. The highest BCUT2D eigenvalue weighted by atomic mass is 19.4. The van der Waals surface area contributed by atoms with Gasteiger partial charge in [0.1, 0.15) is 5.82 Å². The number of aromatic amines is 1. The summed E-state index contributed by atoms with van der Waals surface area (Å²) in [6, 6.07) is 0. The second kappa shape index (κ2) is 6.07. The van der Waals surface area contributed by atoms with Gasteiger partial charge in [-0.05, 0) is 32.6 Å². The second-order valence-corrected chi connectivity index (χ2v) is 6.39. The number of nitrogens with zero attached hydrogens (tertiary/aromatic N) is 3. The number of imidazole rings is 1. The third-order valence-corrected chi connectivity index (χ3v) is 4.72. The van der Waals surface area contributed by atoms with Gasteiger partial charge in [0.05, 0.1) is 35.4 Å². The summed E-state index contributed by atoms with van der Waals surface area (Å²) in [6.07, 6.45) is -0.0758. The molecule has 0 atom stereocenters. The van der Waals surface area contributed by atoms with Crippen molar-refractivity contribution in [1.82, 2.24) is 19.5 Å². The topological polar surface area (TPSA) is 63.6 Å². The van der Waals surface area contributed by atoms with Crippen LogP contribution in [0, 0.1) is 12.8 Å². The van der Waals surface area contributed by atoms with Crippen LogP contribution in [-0.2, 0) is 7.05 Å². The standard InChI is InChI=1S/C16H19F3N4O/c1-9-21-14(10-3-5-11(6-4-10)16(17,18)19)13(15(24)22-9)12-7-20-8-23(12)2/h7-8,10-11H,3-6H2,1-2H3,(H,21,22,24)/t10-,11+. The summed E-state index contributed by atoms with van der Waals surface area (Å²) < 4.78 is 40.3. The molecule has 5 nitrogen and oxygen atoms in total. The van der Waals surface area contributed by atoms with Gasteiger partial charge in [-0.2, -0.15) is 13.2 Å². The lowest BCUT2D eigenvalue weighted by Gasteiger charge is -2.30. The predicted molar refractivity (Wildman–Crippen MR) is 82.6 cm³/mol. The first-order valence-electron chi connectivity index (χ1n) is 7.91. The molecule has 0 aromatic carbocycles. The molecule has 8 heteroatoms. The van der Waals surface area contributed by atoms with Crippen LogP contribution in [0.2, 0.25) is 0 Å². The molecule has 0 radical (unpaired) electrons. The second-order valence-electron chi connectivity index (χ2n) is 6.39. The molecule has 1 aliphatic carbocycles. The lowest BCUT2D eigenvalue weighted by Crippen LogP contribution is -2.28. The van der Waals surface area contributed by atoms with E-state index in [-0.39, 0.29) is 24.3 Å². The van der Waals surface area contributed by atoms with Gasteiger partial charge >= 0.3 is 6.18 Å². The van der Waals surface area contributed by atoms with Crippen LogP contribution in [0.1, 0.15) is 43.1 Å². The minimum Gasteiger partial charge on any atom is -0.334 e. The summed E-state index contributed by atoms with van der Waals surface area (Å²) in [5, 5.41) is 0. The minimum atomic E-state index is -4.15. The number of hydrogen-bond acceptors (Lipinski definition) is 3. The van der Waals surface area contributed by atoms with Crippen LogP contribution in [-0.4, -0.2) is 25.7 Å². The van der Waals surface area contributed by atoms with Crippen molar-refractivity contribution in [2.24, 2.45) is 13.0 Å². The van der Waals surface area contributed by atoms with Crippen molar-refractivity contribution in [1.29, 1.82) is 0 Å². The Morgan fingerprint density at radius 1 is 1.25 bits per heavy atom. The predicted octanol–water partition coefficient (Wildman–Crippen LogP) is 3.31. The first-order chi connectivity index (χ1) is 11.3. The molecule has 3 rings (SSSR count). The van der Waals surface area contributed by atoms with Crippen molar-refractivity contribution in [2.75, 3.05) is 0 Å². The van der Waals surface area contributed by atoms with Crippen molar-refractivity contribution < 1.29 is 13.2 Å². The maximum absolute atomic E-state index is 12.9. The Kier molecular flexibility index (Phi) is 4.23. The van der Waals surface area contributed by atoms with E-state index in [9.17, 15) is 18.0 Å². The summed E-state index contributed by atoms with van der Waals surface area (Å²) >= 11 is 0. The molecule has 0 saturated heterocycles. The van der Waals surface area contributed by atoms with Gasteiger partial charge in [-0.15, -0.1) is 0 Å². The molecule has 2 aromatic rings. The van der Waals surface area contributed by atoms with Crippen molar-refractivity contribution in [3.63, 3.8) is 0 Å². The van der Waals surface area contributed by atoms with Gasteiger partial charge in [-0.1, -0.05) is 0 Å². The zero-order chi connectivity index (χ0) is 17.5. The molecule has 0 bridgehead atoms. The van der Waals surface area contributed by atoms with E-state index in [1.807, 2.05) is 0 Å². The molecule has 1 N–H and O–H groups in total. The lowest BCUT2D eigenvalue weighted by atomic mass is 9.79. The molecule has 0 amide bonds. The van der Waals surface area contributed by atoms with Crippen molar-refractivity contribution in [3.05, 3.63) is 34.4 Å². The number of H-pyrrole nitrogens is 1. The van der Waals surface area contributed by atoms with E-state index >= 15 is 0 Å². The van der Waals surface area contributed by atoms with Crippen molar-refractivity contribution in [3.8, 4) is 11.3 Å². The summed E-state index contributed by atoms with van der Waals surface area (Å²) in [5.74, 6) is -0.926. The largest absolute Gasteiger partial charge is 0.391 e. The maximum Gasteiger partial charge on any atom is 0.391 e. The fraction of sp³-hybridized carbons (Fsp3) is 0.562. The third kappa shape index (κ3) is 3.09. The molecular weight excluding hydrogens is 321 g/mol. The summed E-state index contributed by atoms with van der Waals surface area (Å²) in [6.45, 7) is 1.68. The average Bonchev–Trinajstić information content (AvgIpc) is 2.91. The maximum atomic E-state index is 12.9.